The SMILES string of the molecule is CCOC(=O)OC(=O)CCC(=O)OC1CC(C)CCC1C(C)C. The second-order valence-electron chi connectivity index (χ2n) is 6.51. The summed E-state index contributed by atoms with van der Waals surface area (Å²) in [6.45, 7) is 8.18. The van der Waals surface area contributed by atoms with Crippen molar-refractivity contribution in [2.24, 2.45) is 17.8 Å². The molecule has 0 aromatic carbocycles. The third-order valence-electron chi connectivity index (χ3n) is 4.24. The number of rotatable bonds is 6. The van der Waals surface area contributed by atoms with Crippen molar-refractivity contribution in [2.75, 3.05) is 6.61 Å². The molecule has 0 aromatic rings. The van der Waals surface area contributed by atoms with Crippen LogP contribution in [-0.4, -0.2) is 30.8 Å². The maximum atomic E-state index is 12.0. The highest BCUT2D eigenvalue weighted by molar-refractivity contribution is 5.84. The average Bonchev–Trinajstić information content (AvgIpc) is 2.45. The van der Waals surface area contributed by atoms with Crippen molar-refractivity contribution in [3.05, 3.63) is 0 Å². The highest BCUT2D eigenvalue weighted by atomic mass is 16.7. The highest BCUT2D eigenvalue weighted by Gasteiger charge is 2.33. The Bertz CT molecular complexity index is 417. The van der Waals surface area contributed by atoms with Crippen LogP contribution in [0.25, 0.3) is 0 Å². The van der Waals surface area contributed by atoms with Gasteiger partial charge in [0.05, 0.1) is 19.4 Å². The van der Waals surface area contributed by atoms with Gasteiger partial charge in [0.15, 0.2) is 0 Å². The van der Waals surface area contributed by atoms with Gasteiger partial charge in [0.1, 0.15) is 6.10 Å². The fourth-order valence-corrected chi connectivity index (χ4v) is 2.97. The molecule has 1 aliphatic rings. The van der Waals surface area contributed by atoms with Crippen LogP contribution in [0.15, 0.2) is 0 Å². The standard InChI is InChI=1S/C17H28O6/c1-5-21-17(20)23-16(19)9-8-15(18)22-14-10-12(4)6-7-13(14)11(2)3/h11-14H,5-10H2,1-4H3. The van der Waals surface area contributed by atoms with E-state index in [4.69, 9.17) is 4.74 Å². The van der Waals surface area contributed by atoms with E-state index in [0.29, 0.717) is 17.8 Å². The van der Waals surface area contributed by atoms with Gasteiger partial charge in [-0.25, -0.2) is 4.79 Å². The van der Waals surface area contributed by atoms with Gasteiger partial charge in [-0.05, 0) is 37.5 Å². The van der Waals surface area contributed by atoms with E-state index >= 15 is 0 Å². The number of ether oxygens (including phenoxy) is 3. The molecule has 1 fully saturated rings. The Morgan fingerprint density at radius 2 is 1.74 bits per heavy atom. The minimum atomic E-state index is -1.04. The first-order valence-corrected chi connectivity index (χ1v) is 8.40. The smallest absolute Gasteiger partial charge is 0.462 e. The topological polar surface area (TPSA) is 78.9 Å². The van der Waals surface area contributed by atoms with E-state index < -0.39 is 18.1 Å². The highest BCUT2D eigenvalue weighted by Crippen LogP contribution is 2.35. The van der Waals surface area contributed by atoms with Crippen molar-refractivity contribution in [3.8, 4) is 0 Å². The van der Waals surface area contributed by atoms with Crippen molar-refractivity contribution in [1.29, 1.82) is 0 Å². The molecule has 0 radical (unpaired) electrons. The van der Waals surface area contributed by atoms with E-state index in [1.807, 2.05) is 0 Å². The Morgan fingerprint density at radius 1 is 1.09 bits per heavy atom. The van der Waals surface area contributed by atoms with Crippen LogP contribution >= 0.6 is 0 Å². The van der Waals surface area contributed by atoms with Gasteiger partial charge < -0.3 is 14.2 Å². The van der Waals surface area contributed by atoms with Crippen LogP contribution in [0.3, 0.4) is 0 Å². The molecule has 3 atom stereocenters. The average molecular weight is 328 g/mol. The largest absolute Gasteiger partial charge is 0.516 e. The number of carbonyl (C=O) groups is 3. The van der Waals surface area contributed by atoms with Crippen LogP contribution in [0.2, 0.25) is 0 Å². The summed E-state index contributed by atoms with van der Waals surface area (Å²) in [5, 5.41) is 0. The maximum absolute atomic E-state index is 12.0. The van der Waals surface area contributed by atoms with E-state index in [-0.39, 0.29) is 25.6 Å². The summed E-state index contributed by atoms with van der Waals surface area (Å²) in [5.41, 5.74) is 0. The zero-order valence-corrected chi connectivity index (χ0v) is 14.5. The molecule has 0 amide bonds. The molecule has 0 aromatic heterocycles. The zero-order valence-electron chi connectivity index (χ0n) is 14.5. The van der Waals surface area contributed by atoms with Crippen molar-refractivity contribution in [2.45, 2.75) is 65.9 Å². The predicted octanol–water partition coefficient (Wildman–Crippen LogP) is 3.47. The lowest BCUT2D eigenvalue weighted by molar-refractivity contribution is -0.158. The lowest BCUT2D eigenvalue weighted by atomic mass is 9.75. The van der Waals surface area contributed by atoms with Crippen LogP contribution in [0.4, 0.5) is 4.79 Å². The first-order valence-electron chi connectivity index (χ1n) is 8.40. The minimum absolute atomic E-state index is 0.0894. The van der Waals surface area contributed by atoms with Crippen LogP contribution < -0.4 is 0 Å². The molecule has 6 nitrogen and oxygen atoms in total. The van der Waals surface area contributed by atoms with Gasteiger partial charge in [0, 0.05) is 0 Å². The molecule has 0 bridgehead atoms. The molecule has 23 heavy (non-hydrogen) atoms. The van der Waals surface area contributed by atoms with Crippen molar-refractivity contribution in [1.82, 2.24) is 0 Å². The monoisotopic (exact) mass is 328 g/mol. The fraction of sp³-hybridized carbons (Fsp3) is 0.824. The first-order chi connectivity index (χ1) is 10.8. The van der Waals surface area contributed by atoms with Crippen LogP contribution in [0.5, 0.6) is 0 Å². The second kappa shape index (κ2) is 9.53. The quantitative estimate of drug-likeness (QED) is 0.549. The molecule has 1 rings (SSSR count). The summed E-state index contributed by atoms with van der Waals surface area (Å²) in [6, 6.07) is 0. The van der Waals surface area contributed by atoms with Gasteiger partial charge in [-0.15, -0.1) is 0 Å². The Hall–Kier alpha value is -1.59. The summed E-state index contributed by atoms with van der Waals surface area (Å²) < 4.78 is 14.5. The third kappa shape index (κ3) is 7.01. The predicted molar refractivity (Wildman–Crippen MR) is 83.6 cm³/mol. The molecule has 0 aliphatic heterocycles. The molecule has 0 heterocycles. The fourth-order valence-electron chi connectivity index (χ4n) is 2.97. The van der Waals surface area contributed by atoms with Gasteiger partial charge in [-0.2, -0.15) is 0 Å². The van der Waals surface area contributed by atoms with Gasteiger partial charge in [-0.1, -0.05) is 27.2 Å². The van der Waals surface area contributed by atoms with E-state index in [1.54, 1.807) is 6.92 Å². The summed E-state index contributed by atoms with van der Waals surface area (Å²) in [7, 11) is 0. The van der Waals surface area contributed by atoms with E-state index in [9.17, 15) is 14.4 Å². The van der Waals surface area contributed by atoms with Gasteiger partial charge in [-0.3, -0.25) is 9.59 Å². The lowest BCUT2D eigenvalue weighted by Gasteiger charge is -2.36. The van der Waals surface area contributed by atoms with Gasteiger partial charge in [0.25, 0.3) is 0 Å². The summed E-state index contributed by atoms with van der Waals surface area (Å²) >= 11 is 0. The zero-order chi connectivity index (χ0) is 17.4. The second-order valence-corrected chi connectivity index (χ2v) is 6.51. The minimum Gasteiger partial charge on any atom is -0.462 e. The molecule has 1 aliphatic carbocycles. The van der Waals surface area contributed by atoms with E-state index in [2.05, 4.69) is 30.2 Å². The van der Waals surface area contributed by atoms with E-state index in [0.717, 1.165) is 19.3 Å². The Kier molecular flexibility index (Phi) is 8.06. The molecule has 0 saturated heterocycles. The molecule has 1 saturated carbocycles. The van der Waals surface area contributed by atoms with E-state index in [1.165, 1.54) is 0 Å². The Labute approximate surface area is 137 Å². The molecule has 0 N–H and O–H groups in total. The van der Waals surface area contributed by atoms with Crippen molar-refractivity contribution in [3.63, 3.8) is 0 Å². The number of hydrogen-bond donors (Lipinski definition) is 0. The molecule has 0 spiro atoms. The van der Waals surface area contributed by atoms with Gasteiger partial charge in [0.2, 0.25) is 0 Å². The molecule has 6 heteroatoms. The normalized spacial score (nSPS) is 24.1. The number of hydrogen-bond acceptors (Lipinski definition) is 6. The molecular weight excluding hydrogens is 300 g/mol. The van der Waals surface area contributed by atoms with Crippen molar-refractivity contribution >= 4 is 18.1 Å². The number of esters is 2. The van der Waals surface area contributed by atoms with Crippen molar-refractivity contribution < 1.29 is 28.6 Å². The Morgan fingerprint density at radius 3 is 2.35 bits per heavy atom. The Balaban J connectivity index is 2.39. The molecule has 3 unspecified atom stereocenters. The van der Waals surface area contributed by atoms with Crippen LogP contribution in [-0.2, 0) is 23.8 Å². The molecule has 132 valence electrons. The third-order valence-corrected chi connectivity index (χ3v) is 4.24. The maximum Gasteiger partial charge on any atom is 0.516 e. The summed E-state index contributed by atoms with van der Waals surface area (Å²) in [6.07, 6.45) is 1.67. The lowest BCUT2D eigenvalue weighted by Crippen LogP contribution is -2.36. The van der Waals surface area contributed by atoms with Gasteiger partial charge >= 0.3 is 18.1 Å². The molecular formula is C17H28O6. The number of carbonyl (C=O) groups excluding carboxylic acids is 3. The first kappa shape index (κ1) is 19.5. The van der Waals surface area contributed by atoms with Crippen LogP contribution in [0.1, 0.15) is 59.8 Å². The van der Waals surface area contributed by atoms with Crippen LogP contribution in [0, 0.1) is 17.8 Å². The summed E-state index contributed by atoms with van der Waals surface area (Å²) in [4.78, 5) is 34.4. The summed E-state index contributed by atoms with van der Waals surface area (Å²) in [5.74, 6) is 0.153.